The summed E-state index contributed by atoms with van der Waals surface area (Å²) in [5.41, 5.74) is 0. The van der Waals surface area contributed by atoms with Crippen molar-refractivity contribution in [2.24, 2.45) is 0 Å². The van der Waals surface area contributed by atoms with Gasteiger partial charge in [-0.05, 0) is 13.5 Å². The van der Waals surface area contributed by atoms with Gasteiger partial charge in [-0.3, -0.25) is 4.79 Å². The van der Waals surface area contributed by atoms with Crippen LogP contribution in [-0.2, 0) is 9.53 Å². The summed E-state index contributed by atoms with van der Waals surface area (Å²) < 4.78 is 5.41. The minimum absolute atomic E-state index is 0.145. The number of morpholine rings is 1. The Morgan fingerprint density at radius 2 is 2.33 bits per heavy atom. The Bertz CT molecular complexity index is 195. The molecule has 4 nitrogen and oxygen atoms in total. The van der Waals surface area contributed by atoms with Gasteiger partial charge in [-0.15, -0.1) is 0 Å². The van der Waals surface area contributed by atoms with E-state index in [1.54, 1.807) is 0 Å². The van der Waals surface area contributed by atoms with E-state index in [1.807, 2.05) is 11.9 Å². The molecule has 0 aliphatic carbocycles. The van der Waals surface area contributed by atoms with Crippen LogP contribution in [0.1, 0.15) is 26.2 Å². The number of hydrogen-bond donors (Lipinski definition) is 1. The van der Waals surface area contributed by atoms with E-state index in [1.165, 1.54) is 12.8 Å². The third-order valence-electron chi connectivity index (χ3n) is 2.69. The number of likely N-dealkylation sites (N-methyl/N-ethyl adjacent to an activating group) is 1. The molecule has 1 aliphatic heterocycles. The van der Waals surface area contributed by atoms with Gasteiger partial charge < -0.3 is 15.0 Å². The van der Waals surface area contributed by atoms with E-state index in [2.05, 4.69) is 12.2 Å². The van der Waals surface area contributed by atoms with Crippen LogP contribution in [0.5, 0.6) is 0 Å². The van der Waals surface area contributed by atoms with Crippen LogP contribution in [-0.4, -0.2) is 50.2 Å². The fourth-order valence-electron chi connectivity index (χ4n) is 1.80. The molecule has 1 unspecified atom stereocenters. The van der Waals surface area contributed by atoms with Crippen molar-refractivity contribution in [3.63, 3.8) is 0 Å². The molecule has 1 N–H and O–H groups in total. The van der Waals surface area contributed by atoms with Gasteiger partial charge in [0.15, 0.2) is 0 Å². The van der Waals surface area contributed by atoms with E-state index in [0.29, 0.717) is 13.2 Å². The zero-order valence-electron chi connectivity index (χ0n) is 9.79. The van der Waals surface area contributed by atoms with Crippen molar-refractivity contribution in [3.8, 4) is 0 Å². The third-order valence-corrected chi connectivity index (χ3v) is 2.69. The number of carbonyl (C=O) groups is 1. The van der Waals surface area contributed by atoms with Crippen molar-refractivity contribution in [1.29, 1.82) is 0 Å². The molecular formula is C11H22N2O2. The Labute approximate surface area is 92.0 Å². The van der Waals surface area contributed by atoms with E-state index < -0.39 is 0 Å². The molecule has 1 aliphatic rings. The average Bonchev–Trinajstić information content (AvgIpc) is 2.24. The second-order valence-electron chi connectivity index (χ2n) is 3.95. The summed E-state index contributed by atoms with van der Waals surface area (Å²) in [5.74, 6) is 0.145. The Kier molecular flexibility index (Phi) is 5.65. The average molecular weight is 214 g/mol. The molecule has 88 valence electrons. The second kappa shape index (κ2) is 6.80. The lowest BCUT2D eigenvalue weighted by Crippen LogP contribution is -2.51. The third kappa shape index (κ3) is 3.80. The molecule has 1 atom stereocenters. The standard InChI is InChI=1S/C11H22N2O2/c1-3-4-5-6-13-7-8-15-10(9-12-2)11(13)14/h10,12H,3-9H2,1-2H3. The highest BCUT2D eigenvalue weighted by Crippen LogP contribution is 2.08. The van der Waals surface area contributed by atoms with E-state index in [4.69, 9.17) is 4.74 Å². The molecular weight excluding hydrogens is 192 g/mol. The lowest BCUT2D eigenvalue weighted by atomic mass is 10.2. The van der Waals surface area contributed by atoms with Crippen LogP contribution >= 0.6 is 0 Å². The zero-order chi connectivity index (χ0) is 11.1. The fourth-order valence-corrected chi connectivity index (χ4v) is 1.80. The predicted molar refractivity (Wildman–Crippen MR) is 59.8 cm³/mol. The van der Waals surface area contributed by atoms with Crippen LogP contribution in [0, 0.1) is 0 Å². The van der Waals surface area contributed by atoms with E-state index in [-0.39, 0.29) is 12.0 Å². The molecule has 1 saturated heterocycles. The van der Waals surface area contributed by atoms with Gasteiger partial charge in [0.2, 0.25) is 0 Å². The van der Waals surface area contributed by atoms with Crippen molar-refractivity contribution in [2.45, 2.75) is 32.3 Å². The highest BCUT2D eigenvalue weighted by Gasteiger charge is 2.28. The van der Waals surface area contributed by atoms with E-state index >= 15 is 0 Å². The smallest absolute Gasteiger partial charge is 0.253 e. The molecule has 0 aromatic carbocycles. The largest absolute Gasteiger partial charge is 0.365 e. The number of rotatable bonds is 6. The maximum Gasteiger partial charge on any atom is 0.253 e. The quantitative estimate of drug-likeness (QED) is 0.659. The number of hydrogen-bond acceptors (Lipinski definition) is 3. The maximum absolute atomic E-state index is 11.9. The lowest BCUT2D eigenvalue weighted by molar-refractivity contribution is -0.152. The van der Waals surface area contributed by atoms with Gasteiger partial charge in [-0.1, -0.05) is 19.8 Å². The van der Waals surface area contributed by atoms with Gasteiger partial charge in [0, 0.05) is 19.6 Å². The van der Waals surface area contributed by atoms with Crippen molar-refractivity contribution in [1.82, 2.24) is 10.2 Å². The number of amides is 1. The van der Waals surface area contributed by atoms with Crippen LogP contribution in [0.2, 0.25) is 0 Å². The minimum atomic E-state index is -0.273. The first kappa shape index (κ1) is 12.5. The van der Waals surface area contributed by atoms with Gasteiger partial charge in [-0.2, -0.15) is 0 Å². The Morgan fingerprint density at radius 3 is 3.00 bits per heavy atom. The summed E-state index contributed by atoms with van der Waals surface area (Å²) in [5, 5.41) is 2.98. The zero-order valence-corrected chi connectivity index (χ0v) is 9.79. The molecule has 0 spiro atoms. The molecule has 1 amide bonds. The maximum atomic E-state index is 11.9. The van der Waals surface area contributed by atoms with Crippen molar-refractivity contribution >= 4 is 5.91 Å². The summed E-state index contributed by atoms with van der Waals surface area (Å²) in [6, 6.07) is 0. The highest BCUT2D eigenvalue weighted by atomic mass is 16.5. The summed E-state index contributed by atoms with van der Waals surface area (Å²) >= 11 is 0. The van der Waals surface area contributed by atoms with Crippen LogP contribution in [0.25, 0.3) is 0 Å². The molecule has 1 fully saturated rings. The lowest BCUT2D eigenvalue weighted by Gasteiger charge is -2.32. The summed E-state index contributed by atoms with van der Waals surface area (Å²) in [4.78, 5) is 13.8. The normalized spacial score (nSPS) is 22.1. The molecule has 0 saturated carbocycles. The van der Waals surface area contributed by atoms with Crippen molar-refractivity contribution in [2.75, 3.05) is 33.3 Å². The number of carbonyl (C=O) groups excluding carboxylic acids is 1. The predicted octanol–water partition coefficient (Wildman–Crippen LogP) is 0.623. The van der Waals surface area contributed by atoms with E-state index in [0.717, 1.165) is 19.5 Å². The fraction of sp³-hybridized carbons (Fsp3) is 0.909. The molecule has 0 aromatic rings. The first-order valence-electron chi connectivity index (χ1n) is 5.84. The van der Waals surface area contributed by atoms with Gasteiger partial charge in [-0.25, -0.2) is 0 Å². The van der Waals surface area contributed by atoms with Gasteiger partial charge in [0.1, 0.15) is 6.10 Å². The van der Waals surface area contributed by atoms with Crippen molar-refractivity contribution in [3.05, 3.63) is 0 Å². The number of nitrogens with zero attached hydrogens (tertiary/aromatic N) is 1. The second-order valence-corrected chi connectivity index (χ2v) is 3.95. The van der Waals surface area contributed by atoms with Crippen LogP contribution in [0.4, 0.5) is 0 Å². The highest BCUT2D eigenvalue weighted by molar-refractivity contribution is 5.81. The minimum Gasteiger partial charge on any atom is -0.365 e. The Morgan fingerprint density at radius 1 is 1.53 bits per heavy atom. The molecule has 4 heteroatoms. The number of ether oxygens (including phenoxy) is 1. The number of unbranched alkanes of at least 4 members (excludes halogenated alkanes) is 2. The van der Waals surface area contributed by atoms with Gasteiger partial charge in [0.05, 0.1) is 6.61 Å². The molecule has 1 heterocycles. The number of nitrogens with one attached hydrogen (secondary N) is 1. The summed E-state index contributed by atoms with van der Waals surface area (Å²) in [6.45, 7) is 5.09. The SMILES string of the molecule is CCCCCN1CCOC(CNC)C1=O. The topological polar surface area (TPSA) is 41.6 Å². The summed E-state index contributed by atoms with van der Waals surface area (Å²) in [7, 11) is 1.84. The first-order valence-corrected chi connectivity index (χ1v) is 5.84. The van der Waals surface area contributed by atoms with Crippen LogP contribution in [0.15, 0.2) is 0 Å². The first-order chi connectivity index (χ1) is 7.29. The molecule has 1 rings (SSSR count). The van der Waals surface area contributed by atoms with Gasteiger partial charge >= 0.3 is 0 Å². The van der Waals surface area contributed by atoms with Crippen molar-refractivity contribution < 1.29 is 9.53 Å². The molecule has 0 aromatic heterocycles. The molecule has 15 heavy (non-hydrogen) atoms. The van der Waals surface area contributed by atoms with Crippen LogP contribution in [0.3, 0.4) is 0 Å². The van der Waals surface area contributed by atoms with E-state index in [9.17, 15) is 4.79 Å². The molecule has 0 bridgehead atoms. The Hall–Kier alpha value is -0.610. The molecule has 0 radical (unpaired) electrons. The summed E-state index contributed by atoms with van der Waals surface area (Å²) in [6.07, 6.45) is 3.22. The van der Waals surface area contributed by atoms with Crippen LogP contribution < -0.4 is 5.32 Å². The monoisotopic (exact) mass is 214 g/mol. The van der Waals surface area contributed by atoms with Gasteiger partial charge in [0.25, 0.3) is 5.91 Å². The Balaban J connectivity index is 2.33.